The van der Waals surface area contributed by atoms with Crippen molar-refractivity contribution in [1.29, 1.82) is 0 Å². The van der Waals surface area contributed by atoms with Gasteiger partial charge in [-0.3, -0.25) is 4.57 Å². The summed E-state index contributed by atoms with van der Waals surface area (Å²) in [6.45, 7) is 3.89. The third-order valence-electron chi connectivity index (χ3n) is 2.13. The number of halogens is 3. The van der Waals surface area contributed by atoms with E-state index in [4.69, 9.17) is 19.5 Å². The molecule has 0 atom stereocenters. The fourth-order valence-corrected chi connectivity index (χ4v) is 2.99. The smallest absolute Gasteiger partial charge is 0.356 e. The van der Waals surface area contributed by atoms with Gasteiger partial charge in [0.25, 0.3) is 0 Å². The number of hydrogen-bond donors (Lipinski definition) is 1. The molecule has 0 saturated heterocycles. The maximum Gasteiger partial charge on any atom is 0.356 e. The Morgan fingerprint density at radius 3 is 2.14 bits per heavy atom. The van der Waals surface area contributed by atoms with Crippen LogP contribution in [0.5, 0.6) is 0 Å². The Morgan fingerprint density at radius 1 is 1.10 bits per heavy atom. The maximum atomic E-state index is 13.4. The van der Waals surface area contributed by atoms with E-state index in [1.54, 1.807) is 13.8 Å². The standard InChI is InChI=1S/C11H24F2NO5P.ClH/c1-3-18-20(15,19-4-2)10-5-11(12,13)17-9-8-16-7-6-14;/h3-10,14H2,1-2H3;1H. The fourth-order valence-electron chi connectivity index (χ4n) is 1.33. The van der Waals surface area contributed by atoms with Crippen LogP contribution in [0.15, 0.2) is 0 Å². The van der Waals surface area contributed by atoms with Crippen molar-refractivity contribution >= 4 is 20.0 Å². The summed E-state index contributed by atoms with van der Waals surface area (Å²) < 4.78 is 58.0. The molecule has 0 spiro atoms. The van der Waals surface area contributed by atoms with Crippen molar-refractivity contribution in [2.75, 3.05) is 45.7 Å². The average Bonchev–Trinajstić information content (AvgIpc) is 2.37. The van der Waals surface area contributed by atoms with Gasteiger partial charge in [-0.25, -0.2) is 0 Å². The van der Waals surface area contributed by atoms with E-state index in [9.17, 15) is 13.3 Å². The van der Waals surface area contributed by atoms with E-state index in [0.29, 0.717) is 13.2 Å². The highest BCUT2D eigenvalue weighted by Gasteiger charge is 2.35. The summed E-state index contributed by atoms with van der Waals surface area (Å²) in [6, 6.07) is 0. The average molecular weight is 356 g/mol. The Morgan fingerprint density at radius 2 is 1.67 bits per heavy atom. The first-order chi connectivity index (χ1) is 9.39. The second-order valence-corrected chi connectivity index (χ2v) is 5.99. The number of nitrogens with two attached hydrogens (primary N) is 1. The summed E-state index contributed by atoms with van der Waals surface area (Å²) in [7, 11) is -3.47. The molecule has 130 valence electrons. The number of alkyl halides is 2. The molecule has 0 aromatic rings. The maximum absolute atomic E-state index is 13.4. The van der Waals surface area contributed by atoms with Crippen LogP contribution in [0.1, 0.15) is 20.3 Å². The summed E-state index contributed by atoms with van der Waals surface area (Å²) in [4.78, 5) is 0. The highest BCUT2D eigenvalue weighted by Crippen LogP contribution is 2.49. The van der Waals surface area contributed by atoms with E-state index >= 15 is 0 Å². The third-order valence-corrected chi connectivity index (χ3v) is 4.21. The van der Waals surface area contributed by atoms with Crippen molar-refractivity contribution in [1.82, 2.24) is 0 Å². The van der Waals surface area contributed by atoms with Crippen LogP contribution in [0.2, 0.25) is 0 Å². The predicted molar refractivity (Wildman–Crippen MR) is 78.4 cm³/mol. The normalized spacial score (nSPS) is 12.2. The molecule has 6 nitrogen and oxygen atoms in total. The second kappa shape index (κ2) is 12.7. The SMILES string of the molecule is CCOP(=O)(CCC(F)(F)OCCOCCN)OCC.Cl. The second-order valence-electron chi connectivity index (χ2n) is 3.81. The summed E-state index contributed by atoms with van der Waals surface area (Å²) in [5.41, 5.74) is 5.18. The molecule has 0 saturated carbocycles. The van der Waals surface area contributed by atoms with Crippen LogP contribution in [0.25, 0.3) is 0 Å². The Balaban J connectivity index is 0. The van der Waals surface area contributed by atoms with E-state index in [1.165, 1.54) is 0 Å². The highest BCUT2D eigenvalue weighted by atomic mass is 35.5. The lowest BCUT2D eigenvalue weighted by Crippen LogP contribution is -2.25. The van der Waals surface area contributed by atoms with Crippen LogP contribution in [0.4, 0.5) is 8.78 Å². The topological polar surface area (TPSA) is 80.0 Å². The first-order valence-corrected chi connectivity index (χ1v) is 8.29. The summed E-state index contributed by atoms with van der Waals surface area (Å²) in [5.74, 6) is 0. The van der Waals surface area contributed by atoms with Gasteiger partial charge in [-0.1, -0.05) is 0 Å². The zero-order chi connectivity index (χ0) is 15.5. The lowest BCUT2D eigenvalue weighted by Gasteiger charge is -2.21. The molecule has 0 aliphatic heterocycles. The molecule has 0 rings (SSSR count). The van der Waals surface area contributed by atoms with Gasteiger partial charge in [0.05, 0.1) is 45.6 Å². The van der Waals surface area contributed by atoms with Gasteiger partial charge in [0, 0.05) is 6.54 Å². The monoisotopic (exact) mass is 355 g/mol. The molecule has 10 heteroatoms. The van der Waals surface area contributed by atoms with E-state index < -0.39 is 26.3 Å². The molecular formula is C11H25ClF2NO5P. The first-order valence-electron chi connectivity index (χ1n) is 6.57. The van der Waals surface area contributed by atoms with Gasteiger partial charge >= 0.3 is 13.7 Å². The molecule has 0 aromatic heterocycles. The van der Waals surface area contributed by atoms with Gasteiger partial charge in [-0.15, -0.1) is 12.4 Å². The minimum absolute atomic E-state index is 0. The van der Waals surface area contributed by atoms with E-state index in [0.717, 1.165) is 0 Å². The van der Waals surface area contributed by atoms with E-state index in [2.05, 4.69) is 4.74 Å². The van der Waals surface area contributed by atoms with Gasteiger partial charge in [-0.2, -0.15) is 8.78 Å². The van der Waals surface area contributed by atoms with Gasteiger partial charge in [-0.05, 0) is 13.8 Å². The van der Waals surface area contributed by atoms with Gasteiger partial charge < -0.3 is 24.3 Å². The van der Waals surface area contributed by atoms with Crippen molar-refractivity contribution in [3.63, 3.8) is 0 Å². The molecule has 0 amide bonds. The van der Waals surface area contributed by atoms with Crippen molar-refractivity contribution in [3.8, 4) is 0 Å². The van der Waals surface area contributed by atoms with E-state index in [-0.39, 0.29) is 38.8 Å². The Hall–Kier alpha value is 0.180. The zero-order valence-corrected chi connectivity index (χ0v) is 14.1. The first kappa shape index (κ1) is 23.4. The molecule has 21 heavy (non-hydrogen) atoms. The summed E-state index contributed by atoms with van der Waals surface area (Å²) >= 11 is 0. The quantitative estimate of drug-likeness (QED) is 0.404. The summed E-state index contributed by atoms with van der Waals surface area (Å²) in [5, 5.41) is 0. The van der Waals surface area contributed by atoms with Crippen molar-refractivity contribution < 1.29 is 31.9 Å². The van der Waals surface area contributed by atoms with Crippen LogP contribution >= 0.6 is 20.0 Å². The molecule has 0 unspecified atom stereocenters. The fraction of sp³-hybridized carbons (Fsp3) is 1.00. The minimum atomic E-state index is -3.47. The Bertz CT molecular complexity index is 290. The molecule has 0 aromatic carbocycles. The number of hydrogen-bond acceptors (Lipinski definition) is 6. The minimum Gasteiger partial charge on any atom is -0.378 e. The van der Waals surface area contributed by atoms with Crippen molar-refractivity contribution in [2.24, 2.45) is 5.73 Å². The molecule has 0 heterocycles. The van der Waals surface area contributed by atoms with Crippen LogP contribution in [-0.4, -0.2) is 51.8 Å². The van der Waals surface area contributed by atoms with Crippen LogP contribution in [-0.2, 0) is 23.1 Å². The van der Waals surface area contributed by atoms with Crippen molar-refractivity contribution in [3.05, 3.63) is 0 Å². The molecular weight excluding hydrogens is 331 g/mol. The number of rotatable bonds is 13. The van der Waals surface area contributed by atoms with Gasteiger partial charge in [0.15, 0.2) is 0 Å². The van der Waals surface area contributed by atoms with Crippen LogP contribution in [0, 0.1) is 0 Å². The Labute approximate surface area is 130 Å². The van der Waals surface area contributed by atoms with Crippen LogP contribution in [0.3, 0.4) is 0 Å². The van der Waals surface area contributed by atoms with Gasteiger partial charge in [0.2, 0.25) is 0 Å². The molecule has 0 bridgehead atoms. The van der Waals surface area contributed by atoms with Crippen LogP contribution < -0.4 is 5.73 Å². The van der Waals surface area contributed by atoms with Gasteiger partial charge in [0.1, 0.15) is 0 Å². The predicted octanol–water partition coefficient (Wildman–Crippen LogP) is 2.65. The molecule has 0 aliphatic rings. The van der Waals surface area contributed by atoms with Crippen molar-refractivity contribution in [2.45, 2.75) is 26.4 Å². The summed E-state index contributed by atoms with van der Waals surface area (Å²) in [6.07, 6.45) is -4.53. The lowest BCUT2D eigenvalue weighted by molar-refractivity contribution is -0.243. The third kappa shape index (κ3) is 12.4. The molecule has 0 aliphatic carbocycles. The number of ether oxygens (including phenoxy) is 2. The lowest BCUT2D eigenvalue weighted by atomic mass is 10.4. The molecule has 0 radical (unpaired) electrons. The molecule has 2 N–H and O–H groups in total. The zero-order valence-electron chi connectivity index (χ0n) is 12.4. The largest absolute Gasteiger partial charge is 0.378 e. The highest BCUT2D eigenvalue weighted by molar-refractivity contribution is 7.53. The molecule has 0 fully saturated rings. The Kier molecular flexibility index (Phi) is 14.2. The van der Waals surface area contributed by atoms with E-state index in [1.807, 2.05) is 0 Å².